The standard InChI is InChI=1S/C20H21F3N4O3S/c1-4-26(10-13-5-7-15(29-2)16(9-13)30-3)18(28)12-31-19-25-24-17-8-6-14(11-27(17)19)20(21,22)23/h5-9,11H,4,10,12H2,1-3H3. The van der Waals surface area contributed by atoms with E-state index in [1.54, 1.807) is 24.1 Å². The maximum Gasteiger partial charge on any atom is 0.417 e. The van der Waals surface area contributed by atoms with Crippen LogP contribution in [0.3, 0.4) is 0 Å². The van der Waals surface area contributed by atoms with Crippen molar-refractivity contribution in [2.24, 2.45) is 0 Å². The highest BCUT2D eigenvalue weighted by Crippen LogP contribution is 2.30. The van der Waals surface area contributed by atoms with Crippen LogP contribution in [0.25, 0.3) is 5.65 Å². The van der Waals surface area contributed by atoms with Gasteiger partial charge in [-0.25, -0.2) is 0 Å². The lowest BCUT2D eigenvalue weighted by molar-refractivity contribution is -0.138. The van der Waals surface area contributed by atoms with Gasteiger partial charge < -0.3 is 14.4 Å². The summed E-state index contributed by atoms with van der Waals surface area (Å²) in [7, 11) is 3.08. The summed E-state index contributed by atoms with van der Waals surface area (Å²) in [4.78, 5) is 14.4. The Morgan fingerprint density at radius 1 is 1.13 bits per heavy atom. The van der Waals surface area contributed by atoms with E-state index >= 15 is 0 Å². The van der Waals surface area contributed by atoms with E-state index in [0.29, 0.717) is 24.6 Å². The van der Waals surface area contributed by atoms with E-state index in [2.05, 4.69) is 10.2 Å². The molecule has 1 aromatic carbocycles. The number of methoxy groups -OCH3 is 2. The average molecular weight is 454 g/mol. The molecule has 0 spiro atoms. The minimum Gasteiger partial charge on any atom is -0.493 e. The second kappa shape index (κ2) is 9.46. The van der Waals surface area contributed by atoms with Gasteiger partial charge in [0.1, 0.15) is 0 Å². The van der Waals surface area contributed by atoms with Gasteiger partial charge in [-0.15, -0.1) is 10.2 Å². The van der Waals surface area contributed by atoms with Crippen LogP contribution in [0, 0.1) is 0 Å². The van der Waals surface area contributed by atoms with Crippen molar-refractivity contribution in [3.63, 3.8) is 0 Å². The van der Waals surface area contributed by atoms with Crippen molar-refractivity contribution >= 4 is 23.3 Å². The number of nitrogens with zero attached hydrogens (tertiary/aromatic N) is 4. The minimum atomic E-state index is -4.48. The number of hydrogen-bond donors (Lipinski definition) is 0. The Bertz CT molecular complexity index is 1070. The van der Waals surface area contributed by atoms with Crippen LogP contribution in [-0.2, 0) is 17.5 Å². The quantitative estimate of drug-likeness (QED) is 0.481. The molecule has 0 fully saturated rings. The fourth-order valence-electron chi connectivity index (χ4n) is 2.93. The highest BCUT2D eigenvalue weighted by atomic mass is 32.2. The molecule has 0 radical (unpaired) electrons. The lowest BCUT2D eigenvalue weighted by Crippen LogP contribution is -2.31. The van der Waals surface area contributed by atoms with E-state index in [1.807, 2.05) is 13.0 Å². The molecule has 0 atom stereocenters. The number of amides is 1. The van der Waals surface area contributed by atoms with E-state index in [4.69, 9.17) is 9.47 Å². The number of pyridine rings is 1. The largest absolute Gasteiger partial charge is 0.493 e. The minimum absolute atomic E-state index is 0.0121. The van der Waals surface area contributed by atoms with Crippen LogP contribution in [0.1, 0.15) is 18.1 Å². The number of rotatable bonds is 8. The zero-order valence-corrected chi connectivity index (χ0v) is 18.0. The van der Waals surface area contributed by atoms with Crippen molar-refractivity contribution in [1.29, 1.82) is 0 Å². The van der Waals surface area contributed by atoms with Gasteiger partial charge in [0.15, 0.2) is 22.3 Å². The second-order valence-corrected chi connectivity index (χ2v) is 7.45. The molecule has 2 aromatic heterocycles. The van der Waals surface area contributed by atoms with Crippen molar-refractivity contribution in [2.75, 3.05) is 26.5 Å². The predicted octanol–water partition coefficient (Wildman–Crippen LogP) is 3.91. The van der Waals surface area contributed by atoms with Crippen LogP contribution < -0.4 is 9.47 Å². The molecule has 31 heavy (non-hydrogen) atoms. The summed E-state index contributed by atoms with van der Waals surface area (Å²) in [5.74, 6) is 0.991. The maximum atomic E-state index is 13.0. The van der Waals surface area contributed by atoms with Gasteiger partial charge >= 0.3 is 6.18 Å². The Labute approximate surface area is 181 Å². The van der Waals surface area contributed by atoms with Crippen molar-refractivity contribution < 1.29 is 27.4 Å². The third kappa shape index (κ3) is 5.22. The van der Waals surface area contributed by atoms with Crippen LogP contribution in [-0.4, -0.2) is 51.9 Å². The Hall–Kier alpha value is -2.95. The maximum absolute atomic E-state index is 13.0. The number of fused-ring (bicyclic) bond motifs is 1. The van der Waals surface area contributed by atoms with E-state index in [1.165, 1.54) is 17.6 Å². The molecule has 0 aliphatic carbocycles. The molecule has 0 saturated heterocycles. The van der Waals surface area contributed by atoms with E-state index in [9.17, 15) is 18.0 Å². The monoisotopic (exact) mass is 454 g/mol. The first-order chi connectivity index (χ1) is 14.8. The van der Waals surface area contributed by atoms with Gasteiger partial charge in [-0.2, -0.15) is 13.2 Å². The molecule has 11 heteroatoms. The molecule has 3 aromatic rings. The molecule has 0 bridgehead atoms. The summed E-state index contributed by atoms with van der Waals surface area (Å²) in [5, 5.41) is 7.99. The summed E-state index contributed by atoms with van der Waals surface area (Å²) in [6, 6.07) is 7.60. The van der Waals surface area contributed by atoms with Crippen LogP contribution in [0.4, 0.5) is 13.2 Å². The first kappa shape index (κ1) is 22.7. The fraction of sp³-hybridized carbons (Fsp3) is 0.350. The number of halogens is 3. The number of benzene rings is 1. The molecule has 0 saturated carbocycles. The SMILES string of the molecule is CCN(Cc1ccc(OC)c(OC)c1)C(=O)CSc1nnc2ccc(C(F)(F)F)cn12. The number of alkyl halides is 3. The van der Waals surface area contributed by atoms with Crippen LogP contribution in [0.15, 0.2) is 41.7 Å². The highest BCUT2D eigenvalue weighted by molar-refractivity contribution is 7.99. The third-order valence-electron chi connectivity index (χ3n) is 4.58. The first-order valence-electron chi connectivity index (χ1n) is 9.30. The Balaban J connectivity index is 1.70. The van der Waals surface area contributed by atoms with Gasteiger partial charge in [-0.1, -0.05) is 17.8 Å². The predicted molar refractivity (Wildman–Crippen MR) is 109 cm³/mol. The number of ether oxygens (including phenoxy) is 2. The van der Waals surface area contributed by atoms with Gasteiger partial charge in [0.05, 0.1) is 25.5 Å². The van der Waals surface area contributed by atoms with E-state index in [-0.39, 0.29) is 22.5 Å². The van der Waals surface area contributed by atoms with Crippen LogP contribution in [0.5, 0.6) is 11.5 Å². The van der Waals surface area contributed by atoms with E-state index in [0.717, 1.165) is 29.6 Å². The van der Waals surface area contributed by atoms with Crippen LogP contribution in [0.2, 0.25) is 0 Å². The number of carbonyl (C=O) groups excluding carboxylic acids is 1. The summed E-state index contributed by atoms with van der Waals surface area (Å²) in [5.41, 5.74) is 0.331. The van der Waals surface area contributed by atoms with Crippen LogP contribution >= 0.6 is 11.8 Å². The zero-order chi connectivity index (χ0) is 22.6. The fourth-order valence-corrected chi connectivity index (χ4v) is 3.75. The molecule has 0 aliphatic heterocycles. The second-order valence-electron chi connectivity index (χ2n) is 6.51. The summed E-state index contributed by atoms with van der Waals surface area (Å²) >= 11 is 1.04. The average Bonchev–Trinajstić information content (AvgIpc) is 3.17. The normalized spacial score (nSPS) is 11.5. The molecule has 7 nitrogen and oxygen atoms in total. The molecule has 0 unspecified atom stereocenters. The number of carbonyl (C=O) groups is 1. The van der Waals surface area contributed by atoms with Gasteiger partial charge in [0.2, 0.25) is 5.91 Å². The van der Waals surface area contributed by atoms with Gasteiger partial charge in [-0.05, 0) is 36.8 Å². The van der Waals surface area contributed by atoms with Gasteiger partial charge in [-0.3, -0.25) is 9.20 Å². The first-order valence-corrected chi connectivity index (χ1v) is 10.3. The number of aromatic nitrogens is 3. The molecule has 2 heterocycles. The summed E-state index contributed by atoms with van der Waals surface area (Å²) in [6.07, 6.45) is -3.54. The Morgan fingerprint density at radius 2 is 1.87 bits per heavy atom. The summed E-state index contributed by atoms with van der Waals surface area (Å²) < 4.78 is 50.7. The Morgan fingerprint density at radius 3 is 2.52 bits per heavy atom. The van der Waals surface area contributed by atoms with Crippen molar-refractivity contribution in [3.05, 3.63) is 47.7 Å². The van der Waals surface area contributed by atoms with E-state index < -0.39 is 11.7 Å². The molecule has 0 aliphatic rings. The lowest BCUT2D eigenvalue weighted by atomic mass is 10.2. The molecule has 3 rings (SSSR count). The number of hydrogen-bond acceptors (Lipinski definition) is 6. The Kier molecular flexibility index (Phi) is 6.94. The van der Waals surface area contributed by atoms with Crippen molar-refractivity contribution in [3.8, 4) is 11.5 Å². The lowest BCUT2D eigenvalue weighted by Gasteiger charge is -2.21. The van der Waals surface area contributed by atoms with Gasteiger partial charge in [0.25, 0.3) is 0 Å². The molecular weight excluding hydrogens is 433 g/mol. The smallest absolute Gasteiger partial charge is 0.417 e. The molecule has 0 N–H and O–H groups in total. The molecule has 166 valence electrons. The number of thioether (sulfide) groups is 1. The highest BCUT2D eigenvalue weighted by Gasteiger charge is 2.31. The topological polar surface area (TPSA) is 69.0 Å². The van der Waals surface area contributed by atoms with Crippen molar-refractivity contribution in [2.45, 2.75) is 24.8 Å². The molecule has 1 amide bonds. The summed E-state index contributed by atoms with van der Waals surface area (Å²) in [6.45, 7) is 2.67. The zero-order valence-electron chi connectivity index (χ0n) is 17.1. The van der Waals surface area contributed by atoms with Gasteiger partial charge in [0, 0.05) is 19.3 Å². The molecular formula is C20H21F3N4O3S. The third-order valence-corrected chi connectivity index (χ3v) is 5.51. The van der Waals surface area contributed by atoms with Crippen molar-refractivity contribution in [1.82, 2.24) is 19.5 Å².